The molecule has 2 aliphatic heterocycles. The van der Waals surface area contributed by atoms with Crippen molar-refractivity contribution >= 4 is 52.3 Å². The first-order chi connectivity index (χ1) is 15.8. The van der Waals surface area contributed by atoms with E-state index in [1.807, 2.05) is 0 Å². The zero-order chi connectivity index (χ0) is 23.5. The van der Waals surface area contributed by atoms with Gasteiger partial charge in [0.2, 0.25) is 4.80 Å². The third-order valence-electron chi connectivity index (χ3n) is 5.03. The number of thioether (sulfide) groups is 1. The summed E-state index contributed by atoms with van der Waals surface area (Å²) >= 11 is 8.20. The molecule has 0 spiro atoms. The van der Waals surface area contributed by atoms with Crippen LogP contribution < -0.4 is 9.67 Å². The predicted octanol–water partition coefficient (Wildman–Crippen LogP) is 2.50. The van der Waals surface area contributed by atoms with E-state index >= 15 is 0 Å². The first kappa shape index (κ1) is 24.0. The summed E-state index contributed by atoms with van der Waals surface area (Å²) in [4.78, 5) is 40.7. The number of hydrogen-bond donors (Lipinski definition) is 0. The van der Waals surface area contributed by atoms with Crippen molar-refractivity contribution in [2.45, 2.75) is 50.0 Å². The second-order valence-corrected chi connectivity index (χ2v) is 9.79. The zero-order valence-corrected chi connectivity index (χ0v) is 20.0. The largest absolute Gasteiger partial charge is 0.456 e. The highest BCUT2D eigenvalue weighted by Gasteiger charge is 2.34. The van der Waals surface area contributed by atoms with E-state index in [2.05, 4.69) is 4.99 Å². The van der Waals surface area contributed by atoms with E-state index in [0.29, 0.717) is 22.8 Å². The molecule has 2 aliphatic rings. The fourth-order valence-corrected chi connectivity index (χ4v) is 5.46. The summed E-state index contributed by atoms with van der Waals surface area (Å²) in [5.41, 5.74) is 0.0251. The van der Waals surface area contributed by atoms with E-state index in [1.54, 1.807) is 9.36 Å². The Labute approximate surface area is 201 Å². The summed E-state index contributed by atoms with van der Waals surface area (Å²) in [5.74, 6) is -1.77. The summed E-state index contributed by atoms with van der Waals surface area (Å²) in [6.45, 7) is 2.82. The third kappa shape index (κ3) is 5.68. The van der Waals surface area contributed by atoms with Crippen LogP contribution in [0.4, 0.5) is 10.1 Å². The van der Waals surface area contributed by atoms with Gasteiger partial charge in [0.1, 0.15) is 11.5 Å². The first-order valence-electron chi connectivity index (χ1n) is 10.2. The molecule has 4 rings (SSSR count). The normalized spacial score (nSPS) is 20.5. The maximum absolute atomic E-state index is 14.5. The topological polar surface area (TPSA) is 101 Å². The van der Waals surface area contributed by atoms with Crippen LogP contribution in [0.3, 0.4) is 0 Å². The molecule has 1 aromatic carbocycles. The second kappa shape index (κ2) is 10.4. The standard InChI is InChI=1S/C20H21ClFN3O6S2/c1-11(26)30-15-8-29-9-16(15)31-18(27)10-32-17-7-14(13(22)6-12(17)21)23-19-24-4-2-3-5-25(24)20(28)33-19/h6-7,15-16H,2-5,8-10H2,1H3/b23-19+. The van der Waals surface area contributed by atoms with Crippen molar-refractivity contribution in [1.82, 2.24) is 9.36 Å². The lowest BCUT2D eigenvalue weighted by Gasteiger charge is -2.18. The first-order valence-corrected chi connectivity index (χ1v) is 12.4. The maximum atomic E-state index is 14.5. The molecule has 1 fully saturated rings. The minimum Gasteiger partial charge on any atom is -0.456 e. The SMILES string of the molecule is CC(=O)OC1COCC1OC(=O)CSc1cc(/N=c2/sc(=O)n3n2CCCC3)c(F)cc1Cl. The molecule has 1 aromatic heterocycles. The van der Waals surface area contributed by atoms with Gasteiger partial charge in [-0.05, 0) is 36.3 Å². The molecule has 13 heteroatoms. The number of benzene rings is 1. The van der Waals surface area contributed by atoms with Crippen LogP contribution in [-0.4, -0.2) is 52.5 Å². The number of rotatable bonds is 6. The Kier molecular flexibility index (Phi) is 7.57. The summed E-state index contributed by atoms with van der Waals surface area (Å²) < 4.78 is 33.6. The van der Waals surface area contributed by atoms with E-state index in [0.717, 1.165) is 42.0 Å². The number of carbonyl (C=O) groups excluding carboxylic acids is 2. The Balaban J connectivity index is 1.47. The molecule has 9 nitrogen and oxygen atoms in total. The van der Waals surface area contributed by atoms with Gasteiger partial charge < -0.3 is 14.2 Å². The summed E-state index contributed by atoms with van der Waals surface area (Å²) in [7, 11) is 0. The fraction of sp³-hybridized carbons (Fsp3) is 0.500. The Bertz CT molecular complexity index is 1190. The fourth-order valence-electron chi connectivity index (χ4n) is 3.52. The number of halogens is 2. The Morgan fingerprint density at radius 3 is 2.67 bits per heavy atom. The van der Waals surface area contributed by atoms with Gasteiger partial charge in [0, 0.05) is 24.9 Å². The number of nitrogens with zero attached hydrogens (tertiary/aromatic N) is 3. The van der Waals surface area contributed by atoms with Crippen LogP contribution in [0.5, 0.6) is 0 Å². The van der Waals surface area contributed by atoms with Gasteiger partial charge in [0.15, 0.2) is 12.2 Å². The molecule has 178 valence electrons. The van der Waals surface area contributed by atoms with Gasteiger partial charge >= 0.3 is 16.8 Å². The average Bonchev–Trinajstić information content (AvgIpc) is 3.32. The molecule has 33 heavy (non-hydrogen) atoms. The van der Waals surface area contributed by atoms with Crippen molar-refractivity contribution in [1.29, 1.82) is 0 Å². The van der Waals surface area contributed by atoms with Gasteiger partial charge in [-0.25, -0.2) is 14.1 Å². The molecule has 1 saturated heterocycles. The smallest absolute Gasteiger partial charge is 0.325 e. The lowest BCUT2D eigenvalue weighted by Crippen LogP contribution is -2.33. The number of carbonyl (C=O) groups is 2. The number of ether oxygens (including phenoxy) is 3. The number of hydrogen-bond acceptors (Lipinski definition) is 9. The molecule has 0 amide bonds. The highest BCUT2D eigenvalue weighted by atomic mass is 35.5. The van der Waals surface area contributed by atoms with Crippen molar-refractivity contribution in [3.8, 4) is 0 Å². The van der Waals surface area contributed by atoms with Crippen molar-refractivity contribution in [2.75, 3.05) is 19.0 Å². The Morgan fingerprint density at radius 2 is 1.94 bits per heavy atom. The van der Waals surface area contributed by atoms with Crippen LogP contribution in [0, 0.1) is 5.82 Å². The molecule has 0 aliphatic carbocycles. The summed E-state index contributed by atoms with van der Waals surface area (Å²) in [6.07, 6.45) is 0.503. The zero-order valence-electron chi connectivity index (χ0n) is 17.6. The minimum atomic E-state index is -0.683. The van der Waals surface area contributed by atoms with Crippen LogP contribution in [0.15, 0.2) is 26.8 Å². The van der Waals surface area contributed by atoms with Gasteiger partial charge in [-0.2, -0.15) is 0 Å². The molecule has 3 heterocycles. The van der Waals surface area contributed by atoms with Crippen LogP contribution in [0.25, 0.3) is 0 Å². The number of fused-ring (bicyclic) bond motifs is 1. The average molecular weight is 518 g/mol. The van der Waals surface area contributed by atoms with Crippen molar-refractivity contribution < 1.29 is 28.2 Å². The third-order valence-corrected chi connectivity index (χ3v) is 7.36. The predicted molar refractivity (Wildman–Crippen MR) is 119 cm³/mol. The molecule has 2 atom stereocenters. The van der Waals surface area contributed by atoms with Crippen molar-refractivity contribution in [2.24, 2.45) is 4.99 Å². The molecular formula is C20H21ClFN3O6S2. The lowest BCUT2D eigenvalue weighted by molar-refractivity contribution is -0.160. The summed E-state index contributed by atoms with van der Waals surface area (Å²) in [5, 5.41) is 0.131. The molecule has 0 bridgehead atoms. The monoisotopic (exact) mass is 517 g/mol. The van der Waals surface area contributed by atoms with Crippen LogP contribution in [0.1, 0.15) is 19.8 Å². The van der Waals surface area contributed by atoms with E-state index in [9.17, 15) is 18.8 Å². The molecule has 0 saturated carbocycles. The quantitative estimate of drug-likeness (QED) is 0.428. The van der Waals surface area contributed by atoms with Gasteiger partial charge in [0.25, 0.3) is 0 Å². The maximum Gasteiger partial charge on any atom is 0.325 e. The van der Waals surface area contributed by atoms with Crippen molar-refractivity contribution in [3.05, 3.63) is 37.4 Å². The van der Waals surface area contributed by atoms with Crippen LogP contribution in [0.2, 0.25) is 5.02 Å². The van der Waals surface area contributed by atoms with Gasteiger partial charge in [-0.3, -0.25) is 19.1 Å². The van der Waals surface area contributed by atoms with E-state index < -0.39 is 30.0 Å². The molecule has 2 aromatic rings. The second-order valence-electron chi connectivity index (χ2n) is 7.45. The van der Waals surface area contributed by atoms with Gasteiger partial charge in [-0.1, -0.05) is 11.6 Å². The van der Waals surface area contributed by atoms with E-state index in [-0.39, 0.29) is 34.5 Å². The Hall–Kier alpha value is -2.15. The highest BCUT2D eigenvalue weighted by Crippen LogP contribution is 2.33. The van der Waals surface area contributed by atoms with E-state index in [1.165, 1.54) is 13.0 Å². The minimum absolute atomic E-state index is 0.0251. The molecule has 0 N–H and O–H groups in total. The highest BCUT2D eigenvalue weighted by molar-refractivity contribution is 8.00. The molecule has 0 radical (unpaired) electrons. The van der Waals surface area contributed by atoms with E-state index in [4.69, 9.17) is 25.8 Å². The van der Waals surface area contributed by atoms with Crippen LogP contribution in [-0.2, 0) is 36.9 Å². The van der Waals surface area contributed by atoms with Crippen molar-refractivity contribution in [3.63, 3.8) is 0 Å². The summed E-state index contributed by atoms with van der Waals surface area (Å²) in [6, 6.07) is 2.58. The molecule has 2 unspecified atom stereocenters. The lowest BCUT2D eigenvalue weighted by atomic mass is 10.2. The Morgan fingerprint density at radius 1 is 1.24 bits per heavy atom. The van der Waals surface area contributed by atoms with Gasteiger partial charge in [-0.15, -0.1) is 11.8 Å². The molecular weight excluding hydrogens is 497 g/mol. The van der Waals surface area contributed by atoms with Crippen LogP contribution >= 0.6 is 34.7 Å². The number of esters is 2. The number of aromatic nitrogens is 2. The van der Waals surface area contributed by atoms with Gasteiger partial charge in [0.05, 0.1) is 24.0 Å².